The van der Waals surface area contributed by atoms with Crippen molar-refractivity contribution in [3.05, 3.63) is 108 Å². The SMILES string of the molecule is O=C(O)[C@@H](Cc1c[nH]c2ccccc12)NS(=O)(=O)c1ccc(C#Cc2ccccc2-c2c[nH]cn2)cc1. The first-order valence-corrected chi connectivity index (χ1v) is 12.9. The number of hydrogen-bond acceptors (Lipinski definition) is 4. The molecule has 3 aromatic carbocycles. The van der Waals surface area contributed by atoms with Gasteiger partial charge in [0.05, 0.1) is 16.9 Å². The molecule has 184 valence electrons. The van der Waals surface area contributed by atoms with E-state index in [1.807, 2.05) is 48.5 Å². The Kier molecular flexibility index (Phi) is 6.60. The number of aliphatic carboxylic acids is 1. The number of sulfonamides is 1. The molecule has 1 atom stereocenters. The van der Waals surface area contributed by atoms with Gasteiger partial charge in [-0.1, -0.05) is 48.2 Å². The molecule has 0 spiro atoms. The molecule has 37 heavy (non-hydrogen) atoms. The zero-order valence-corrected chi connectivity index (χ0v) is 20.3. The summed E-state index contributed by atoms with van der Waals surface area (Å²) in [5.41, 5.74) is 4.63. The molecule has 4 N–H and O–H groups in total. The average molecular weight is 511 g/mol. The highest BCUT2D eigenvalue weighted by atomic mass is 32.2. The van der Waals surface area contributed by atoms with E-state index >= 15 is 0 Å². The van der Waals surface area contributed by atoms with Gasteiger partial charge in [-0.25, -0.2) is 13.4 Å². The molecule has 0 aliphatic carbocycles. The molecule has 0 bridgehead atoms. The van der Waals surface area contributed by atoms with Gasteiger partial charge in [0.25, 0.3) is 0 Å². The number of imidazole rings is 1. The van der Waals surface area contributed by atoms with Crippen molar-refractivity contribution in [2.75, 3.05) is 0 Å². The topological polar surface area (TPSA) is 128 Å². The second kappa shape index (κ2) is 10.1. The first kappa shape index (κ1) is 24.1. The Bertz CT molecular complexity index is 1730. The maximum Gasteiger partial charge on any atom is 0.322 e. The van der Waals surface area contributed by atoms with E-state index in [1.54, 1.807) is 30.9 Å². The summed E-state index contributed by atoms with van der Waals surface area (Å²) in [5, 5.41) is 10.6. The van der Waals surface area contributed by atoms with E-state index in [1.165, 1.54) is 12.1 Å². The predicted molar refractivity (Wildman–Crippen MR) is 140 cm³/mol. The lowest BCUT2D eigenvalue weighted by molar-refractivity contribution is -0.138. The number of hydrogen-bond donors (Lipinski definition) is 4. The fourth-order valence-corrected chi connectivity index (χ4v) is 5.22. The lowest BCUT2D eigenvalue weighted by Gasteiger charge is -2.14. The molecule has 0 saturated carbocycles. The first-order valence-electron chi connectivity index (χ1n) is 11.4. The van der Waals surface area contributed by atoms with Gasteiger partial charge in [0, 0.05) is 46.4 Å². The molecule has 0 unspecified atom stereocenters. The highest BCUT2D eigenvalue weighted by Gasteiger charge is 2.26. The molecule has 0 amide bonds. The number of fused-ring (bicyclic) bond motifs is 1. The maximum absolute atomic E-state index is 13.0. The van der Waals surface area contributed by atoms with Gasteiger partial charge < -0.3 is 15.1 Å². The molecule has 5 rings (SSSR count). The zero-order valence-electron chi connectivity index (χ0n) is 19.5. The molecule has 2 heterocycles. The van der Waals surface area contributed by atoms with Crippen molar-refractivity contribution in [2.24, 2.45) is 0 Å². The molecule has 0 fully saturated rings. The van der Waals surface area contributed by atoms with Gasteiger partial charge in [-0.15, -0.1) is 0 Å². The van der Waals surface area contributed by atoms with Crippen molar-refractivity contribution in [3.8, 4) is 23.1 Å². The molecule has 5 aromatic rings. The van der Waals surface area contributed by atoms with Gasteiger partial charge in [0.2, 0.25) is 10.0 Å². The Balaban J connectivity index is 1.34. The molecule has 8 nitrogen and oxygen atoms in total. The van der Waals surface area contributed by atoms with Gasteiger partial charge in [0.15, 0.2) is 0 Å². The van der Waals surface area contributed by atoms with E-state index in [0.29, 0.717) is 11.1 Å². The summed E-state index contributed by atoms with van der Waals surface area (Å²) >= 11 is 0. The van der Waals surface area contributed by atoms with E-state index in [4.69, 9.17) is 0 Å². The minimum atomic E-state index is -4.08. The minimum absolute atomic E-state index is 0.00244. The fourth-order valence-electron chi connectivity index (χ4n) is 4.04. The van der Waals surface area contributed by atoms with Crippen LogP contribution in [-0.4, -0.2) is 40.5 Å². The third kappa shape index (κ3) is 5.30. The van der Waals surface area contributed by atoms with Crippen LogP contribution in [0.2, 0.25) is 0 Å². The van der Waals surface area contributed by atoms with Crippen molar-refractivity contribution >= 4 is 26.9 Å². The summed E-state index contributed by atoms with van der Waals surface area (Å²) in [6, 6.07) is 19.7. The van der Waals surface area contributed by atoms with E-state index in [0.717, 1.165) is 27.7 Å². The molecular weight excluding hydrogens is 488 g/mol. The monoisotopic (exact) mass is 510 g/mol. The van der Waals surface area contributed by atoms with Crippen molar-refractivity contribution in [1.29, 1.82) is 0 Å². The Morgan fingerprint density at radius 3 is 2.49 bits per heavy atom. The van der Waals surface area contributed by atoms with E-state index in [9.17, 15) is 18.3 Å². The van der Waals surface area contributed by atoms with E-state index in [-0.39, 0.29) is 11.3 Å². The number of nitrogens with zero attached hydrogens (tertiary/aromatic N) is 1. The molecule has 9 heteroatoms. The summed E-state index contributed by atoms with van der Waals surface area (Å²) in [4.78, 5) is 22.1. The molecule has 0 aliphatic rings. The Labute approximate surface area is 213 Å². The molecule has 0 saturated heterocycles. The van der Waals surface area contributed by atoms with Crippen molar-refractivity contribution in [1.82, 2.24) is 19.7 Å². The lowest BCUT2D eigenvalue weighted by Crippen LogP contribution is -2.42. The molecule has 0 radical (unpaired) electrons. The number of benzene rings is 3. The number of H-pyrrole nitrogens is 2. The summed E-state index contributed by atoms with van der Waals surface area (Å²) in [5.74, 6) is 4.90. The highest BCUT2D eigenvalue weighted by Crippen LogP contribution is 2.21. The van der Waals surface area contributed by atoms with Crippen LogP contribution in [0.5, 0.6) is 0 Å². The molecule has 2 aromatic heterocycles. The number of rotatable bonds is 7. The third-order valence-electron chi connectivity index (χ3n) is 5.90. The summed E-state index contributed by atoms with van der Waals surface area (Å²) < 4.78 is 28.3. The standard InChI is InChI=1S/C28H22N4O4S/c33-28(34)26(15-21-16-30-25-8-4-3-7-24(21)25)32-37(35,36)22-13-10-19(11-14-22)9-12-20-5-1-2-6-23(20)27-17-29-18-31-27/h1-8,10-11,13-14,16-18,26,30,32H,15H2,(H,29,31)(H,33,34)/t26-/m1/s1. The number of aromatic nitrogens is 3. The number of carboxylic acids is 1. The number of para-hydroxylation sites is 1. The van der Waals surface area contributed by atoms with Crippen LogP contribution in [0.3, 0.4) is 0 Å². The fraction of sp³-hybridized carbons (Fsp3) is 0.0714. The van der Waals surface area contributed by atoms with E-state index in [2.05, 4.69) is 31.5 Å². The van der Waals surface area contributed by atoms with Gasteiger partial charge in [-0.2, -0.15) is 4.72 Å². The maximum atomic E-state index is 13.0. The van der Waals surface area contributed by atoms with Crippen LogP contribution >= 0.6 is 0 Å². The summed E-state index contributed by atoms with van der Waals surface area (Å²) in [6.07, 6.45) is 5.09. The van der Waals surface area contributed by atoms with Crippen LogP contribution in [-0.2, 0) is 21.2 Å². The smallest absolute Gasteiger partial charge is 0.322 e. The summed E-state index contributed by atoms with van der Waals surface area (Å²) in [7, 11) is -4.08. The second-order valence-electron chi connectivity index (χ2n) is 8.35. The van der Waals surface area contributed by atoms with Crippen LogP contribution < -0.4 is 4.72 Å². The number of carbonyl (C=O) groups is 1. The Morgan fingerprint density at radius 1 is 0.973 bits per heavy atom. The molecular formula is C28H22N4O4S. The minimum Gasteiger partial charge on any atom is -0.480 e. The van der Waals surface area contributed by atoms with Crippen molar-refractivity contribution in [3.63, 3.8) is 0 Å². The van der Waals surface area contributed by atoms with Gasteiger partial charge in [-0.05, 0) is 42.0 Å². The Hall–Kier alpha value is -4.65. The second-order valence-corrected chi connectivity index (χ2v) is 10.1. The summed E-state index contributed by atoms with van der Waals surface area (Å²) in [6.45, 7) is 0. The number of nitrogens with one attached hydrogen (secondary N) is 3. The number of aromatic amines is 2. The molecule has 0 aliphatic heterocycles. The number of carboxylic acid groups (broad SMARTS) is 1. The van der Waals surface area contributed by atoms with Crippen LogP contribution in [0.4, 0.5) is 0 Å². The largest absolute Gasteiger partial charge is 0.480 e. The third-order valence-corrected chi connectivity index (χ3v) is 7.39. The van der Waals surface area contributed by atoms with Crippen LogP contribution in [0, 0.1) is 11.8 Å². The van der Waals surface area contributed by atoms with Crippen molar-refractivity contribution in [2.45, 2.75) is 17.4 Å². The predicted octanol–water partition coefficient (Wildman–Crippen LogP) is 3.93. The van der Waals surface area contributed by atoms with Crippen LogP contribution in [0.15, 0.2) is 96.4 Å². The van der Waals surface area contributed by atoms with Crippen LogP contribution in [0.1, 0.15) is 16.7 Å². The quantitative estimate of drug-likeness (QED) is 0.247. The van der Waals surface area contributed by atoms with Gasteiger partial charge >= 0.3 is 5.97 Å². The highest BCUT2D eigenvalue weighted by molar-refractivity contribution is 7.89. The normalized spacial score (nSPS) is 12.1. The lowest BCUT2D eigenvalue weighted by atomic mass is 10.1. The average Bonchev–Trinajstić information content (AvgIpc) is 3.58. The zero-order chi connectivity index (χ0) is 25.8. The Morgan fingerprint density at radius 2 is 1.73 bits per heavy atom. The van der Waals surface area contributed by atoms with Gasteiger partial charge in [-0.3, -0.25) is 4.79 Å². The van der Waals surface area contributed by atoms with Gasteiger partial charge in [0.1, 0.15) is 6.04 Å². The van der Waals surface area contributed by atoms with Crippen molar-refractivity contribution < 1.29 is 18.3 Å². The van der Waals surface area contributed by atoms with Crippen LogP contribution in [0.25, 0.3) is 22.2 Å². The first-order chi connectivity index (χ1) is 17.9. The van der Waals surface area contributed by atoms with E-state index < -0.39 is 22.0 Å².